The van der Waals surface area contributed by atoms with Gasteiger partial charge in [0.25, 0.3) is 0 Å². The largest absolute Gasteiger partial charge is 0.338 e. The van der Waals surface area contributed by atoms with Crippen molar-refractivity contribution in [3.8, 4) is 0 Å². The molecule has 2 heteroatoms. The van der Waals surface area contributed by atoms with Gasteiger partial charge in [-0.15, -0.1) is 6.58 Å². The third-order valence-corrected chi connectivity index (χ3v) is 4.73. The second-order valence-corrected chi connectivity index (χ2v) is 5.53. The Bertz CT molecular complexity index is 662. The maximum Gasteiger partial charge on any atom is 0.0977 e. The number of fused-ring (bicyclic) bond motifs is 1. The van der Waals surface area contributed by atoms with Crippen LogP contribution in [0.15, 0.2) is 67.3 Å². The summed E-state index contributed by atoms with van der Waals surface area (Å²) >= 11 is 5.81. The Morgan fingerprint density at radius 2 is 1.75 bits per heavy atom. The third kappa shape index (κ3) is 1.65. The van der Waals surface area contributed by atoms with Gasteiger partial charge in [-0.2, -0.15) is 0 Å². The molecule has 1 atom stereocenters. The van der Waals surface area contributed by atoms with E-state index in [9.17, 15) is 0 Å². The maximum atomic E-state index is 5.81. The Labute approximate surface area is 125 Å². The number of likely N-dealkylation sites (N-methyl/N-ethyl adjacent to an activating group) is 1. The predicted molar refractivity (Wildman–Crippen MR) is 89.5 cm³/mol. The van der Waals surface area contributed by atoms with E-state index < -0.39 is 0 Å². The summed E-state index contributed by atoms with van der Waals surface area (Å²) in [4.78, 5) is 3.08. The monoisotopic (exact) mass is 279 g/mol. The van der Waals surface area contributed by atoms with Crippen molar-refractivity contribution in [3.05, 3.63) is 78.4 Å². The Kier molecular flexibility index (Phi) is 3.19. The number of hydrogen-bond acceptors (Lipinski definition) is 1. The van der Waals surface area contributed by atoms with Gasteiger partial charge in [0.05, 0.1) is 10.4 Å². The zero-order valence-electron chi connectivity index (χ0n) is 11.5. The van der Waals surface area contributed by atoms with E-state index in [0.717, 1.165) is 11.4 Å². The van der Waals surface area contributed by atoms with Crippen LogP contribution in [-0.4, -0.2) is 12.0 Å². The van der Waals surface area contributed by atoms with Crippen LogP contribution in [0, 0.1) is 0 Å². The van der Waals surface area contributed by atoms with Crippen molar-refractivity contribution in [2.45, 2.75) is 11.8 Å². The van der Waals surface area contributed by atoms with Gasteiger partial charge in [0.15, 0.2) is 0 Å². The lowest BCUT2D eigenvalue weighted by Crippen LogP contribution is -2.37. The molecule has 0 saturated carbocycles. The highest BCUT2D eigenvalue weighted by Gasteiger charge is 2.46. The smallest absolute Gasteiger partial charge is 0.0977 e. The molecule has 0 saturated heterocycles. The molecule has 1 unspecified atom stereocenters. The van der Waals surface area contributed by atoms with Gasteiger partial charge in [0.1, 0.15) is 0 Å². The van der Waals surface area contributed by atoms with Crippen molar-refractivity contribution in [1.29, 1.82) is 0 Å². The lowest BCUT2D eigenvalue weighted by Gasteiger charge is -2.30. The molecule has 2 aromatic rings. The average Bonchev–Trinajstić information content (AvgIpc) is 2.72. The van der Waals surface area contributed by atoms with Crippen molar-refractivity contribution >= 4 is 22.9 Å². The van der Waals surface area contributed by atoms with Gasteiger partial charge in [-0.25, -0.2) is 0 Å². The molecule has 1 heterocycles. The highest BCUT2D eigenvalue weighted by molar-refractivity contribution is 7.80. The molecule has 0 radical (unpaired) electrons. The zero-order chi connectivity index (χ0) is 14.2. The fourth-order valence-electron chi connectivity index (χ4n) is 3.17. The van der Waals surface area contributed by atoms with Gasteiger partial charge in [-0.05, 0) is 23.6 Å². The molecule has 0 fully saturated rings. The van der Waals surface area contributed by atoms with Crippen LogP contribution in [0.5, 0.6) is 0 Å². The number of thiocarbonyl (C=S) groups is 1. The number of benzene rings is 2. The average molecular weight is 279 g/mol. The summed E-state index contributed by atoms with van der Waals surface area (Å²) in [5.41, 5.74) is 3.45. The van der Waals surface area contributed by atoms with E-state index in [2.05, 4.69) is 67.1 Å². The Morgan fingerprint density at radius 3 is 2.45 bits per heavy atom. The molecular weight excluding hydrogens is 262 g/mol. The number of allylic oxidation sites excluding steroid dienone is 1. The molecular formula is C18H17NS. The molecule has 1 aliphatic heterocycles. The summed E-state index contributed by atoms with van der Waals surface area (Å²) in [6.45, 7) is 3.95. The highest BCUT2D eigenvalue weighted by atomic mass is 32.1. The number of para-hydroxylation sites is 1. The molecule has 1 aliphatic rings. The molecule has 2 aromatic carbocycles. The van der Waals surface area contributed by atoms with Gasteiger partial charge < -0.3 is 4.90 Å². The summed E-state index contributed by atoms with van der Waals surface area (Å²) in [7, 11) is 2.05. The van der Waals surface area contributed by atoms with Gasteiger partial charge in [0.2, 0.25) is 0 Å². The van der Waals surface area contributed by atoms with Crippen LogP contribution in [0.25, 0.3) is 0 Å². The van der Waals surface area contributed by atoms with E-state index in [-0.39, 0.29) is 5.41 Å². The molecule has 0 bridgehead atoms. The van der Waals surface area contributed by atoms with Crippen molar-refractivity contribution in [1.82, 2.24) is 0 Å². The van der Waals surface area contributed by atoms with Gasteiger partial charge in [-0.3, -0.25) is 0 Å². The first-order valence-electron chi connectivity index (χ1n) is 6.76. The quantitative estimate of drug-likeness (QED) is 0.608. The summed E-state index contributed by atoms with van der Waals surface area (Å²) in [5, 5.41) is 0. The van der Waals surface area contributed by atoms with Crippen molar-refractivity contribution in [2.75, 3.05) is 11.9 Å². The van der Waals surface area contributed by atoms with E-state index in [4.69, 9.17) is 12.2 Å². The lowest BCUT2D eigenvalue weighted by atomic mass is 9.73. The van der Waals surface area contributed by atoms with Crippen LogP contribution >= 0.6 is 12.2 Å². The number of hydrogen-bond donors (Lipinski definition) is 0. The van der Waals surface area contributed by atoms with Gasteiger partial charge in [-0.1, -0.05) is 66.8 Å². The summed E-state index contributed by atoms with van der Waals surface area (Å²) in [6.07, 6.45) is 2.78. The standard InChI is InChI=1S/C18H17NS/c1-3-13-18(14-9-5-4-6-10-14)15-11-7-8-12-16(15)19(2)17(18)20/h3-12H,1,13H2,2H3. The van der Waals surface area contributed by atoms with Crippen LogP contribution in [0.3, 0.4) is 0 Å². The van der Waals surface area contributed by atoms with Crippen LogP contribution in [0.1, 0.15) is 17.5 Å². The first-order chi connectivity index (χ1) is 9.71. The van der Waals surface area contributed by atoms with E-state index in [0.29, 0.717) is 0 Å². The normalized spacial score (nSPS) is 20.9. The SMILES string of the molecule is C=CCC1(c2ccccc2)C(=S)N(C)c2ccccc21. The fourth-order valence-corrected chi connectivity index (χ4v) is 3.58. The molecule has 0 aromatic heterocycles. The first-order valence-corrected chi connectivity index (χ1v) is 7.16. The minimum Gasteiger partial charge on any atom is -0.338 e. The van der Waals surface area contributed by atoms with E-state index in [1.807, 2.05) is 12.1 Å². The molecule has 1 nitrogen and oxygen atoms in total. The zero-order valence-corrected chi connectivity index (χ0v) is 12.4. The molecule has 0 N–H and O–H groups in total. The topological polar surface area (TPSA) is 3.24 Å². The summed E-state index contributed by atoms with van der Waals surface area (Å²) in [5.74, 6) is 0. The van der Waals surface area contributed by atoms with E-state index in [1.165, 1.54) is 16.8 Å². The molecule has 0 aliphatic carbocycles. The minimum atomic E-state index is -0.260. The molecule has 100 valence electrons. The van der Waals surface area contributed by atoms with Gasteiger partial charge >= 0.3 is 0 Å². The second kappa shape index (κ2) is 4.88. The summed E-state index contributed by atoms with van der Waals surface area (Å²) < 4.78 is 0. The maximum absolute atomic E-state index is 5.81. The molecule has 3 rings (SSSR count). The Hall–Kier alpha value is -1.93. The van der Waals surface area contributed by atoms with Crippen LogP contribution < -0.4 is 4.90 Å². The Morgan fingerprint density at radius 1 is 1.10 bits per heavy atom. The van der Waals surface area contributed by atoms with Crippen LogP contribution in [0.4, 0.5) is 5.69 Å². The van der Waals surface area contributed by atoms with Crippen LogP contribution in [0.2, 0.25) is 0 Å². The predicted octanol–water partition coefficient (Wildman–Crippen LogP) is 4.33. The molecule has 0 amide bonds. The third-order valence-electron chi connectivity index (χ3n) is 4.11. The van der Waals surface area contributed by atoms with Crippen LogP contribution in [-0.2, 0) is 5.41 Å². The fraction of sp³-hybridized carbons (Fsp3) is 0.167. The Balaban J connectivity index is 2.31. The van der Waals surface area contributed by atoms with E-state index >= 15 is 0 Å². The minimum absolute atomic E-state index is 0.260. The first kappa shape index (κ1) is 13.1. The number of rotatable bonds is 3. The molecule has 0 spiro atoms. The lowest BCUT2D eigenvalue weighted by molar-refractivity contribution is 0.721. The molecule has 20 heavy (non-hydrogen) atoms. The van der Waals surface area contributed by atoms with Gasteiger partial charge in [0, 0.05) is 12.7 Å². The van der Waals surface area contributed by atoms with Crippen molar-refractivity contribution in [3.63, 3.8) is 0 Å². The number of nitrogens with zero attached hydrogens (tertiary/aromatic N) is 1. The number of anilines is 1. The van der Waals surface area contributed by atoms with Crippen molar-refractivity contribution in [2.24, 2.45) is 0 Å². The second-order valence-electron chi connectivity index (χ2n) is 5.15. The van der Waals surface area contributed by atoms with E-state index in [1.54, 1.807) is 0 Å². The highest BCUT2D eigenvalue weighted by Crippen LogP contribution is 2.48. The summed E-state index contributed by atoms with van der Waals surface area (Å²) in [6, 6.07) is 19.0. The van der Waals surface area contributed by atoms with Crippen molar-refractivity contribution < 1.29 is 0 Å².